The lowest BCUT2D eigenvalue weighted by molar-refractivity contribution is 0.0635. The third-order valence-corrected chi connectivity index (χ3v) is 5.04. The number of aryl methyl sites for hydroxylation is 1. The van der Waals surface area contributed by atoms with Gasteiger partial charge in [0.25, 0.3) is 5.91 Å². The topological polar surface area (TPSA) is 42.0 Å². The average Bonchev–Trinajstić information content (AvgIpc) is 2.74. The minimum absolute atomic E-state index is 0.0381. The van der Waals surface area contributed by atoms with Crippen molar-refractivity contribution in [2.75, 3.05) is 46.9 Å². The van der Waals surface area contributed by atoms with Crippen molar-refractivity contribution in [3.8, 4) is 11.5 Å². The SMILES string of the molecule is COc1cc(OC)cc(C(=O)N2CCN(CCCc3ccccc3)CC2)c1. The standard InChI is InChI=1S/C22H28N2O3/c1-26-20-15-19(16-21(17-20)27-2)22(25)24-13-11-23(12-14-24)10-6-9-18-7-4-3-5-8-18/h3-5,7-8,15-17H,6,9-14H2,1-2H3. The van der Waals surface area contributed by atoms with E-state index < -0.39 is 0 Å². The van der Waals surface area contributed by atoms with Crippen LogP contribution in [0.15, 0.2) is 48.5 Å². The Morgan fingerprint density at radius 1 is 0.926 bits per heavy atom. The summed E-state index contributed by atoms with van der Waals surface area (Å²) in [6.07, 6.45) is 2.24. The molecular weight excluding hydrogens is 340 g/mol. The molecule has 1 aliphatic heterocycles. The highest BCUT2D eigenvalue weighted by Crippen LogP contribution is 2.23. The molecule has 0 aliphatic carbocycles. The van der Waals surface area contributed by atoms with Crippen molar-refractivity contribution in [3.05, 3.63) is 59.7 Å². The largest absolute Gasteiger partial charge is 0.497 e. The van der Waals surface area contributed by atoms with E-state index in [2.05, 4.69) is 35.2 Å². The summed E-state index contributed by atoms with van der Waals surface area (Å²) in [6, 6.07) is 15.9. The van der Waals surface area contributed by atoms with E-state index in [0.717, 1.165) is 45.6 Å². The fourth-order valence-electron chi connectivity index (χ4n) is 3.44. The van der Waals surface area contributed by atoms with Crippen molar-refractivity contribution in [2.24, 2.45) is 0 Å². The Kier molecular flexibility index (Phi) is 6.71. The normalized spacial score (nSPS) is 14.8. The van der Waals surface area contributed by atoms with Gasteiger partial charge in [-0.15, -0.1) is 0 Å². The summed E-state index contributed by atoms with van der Waals surface area (Å²) in [5.74, 6) is 1.31. The molecule has 1 fully saturated rings. The molecule has 27 heavy (non-hydrogen) atoms. The molecule has 1 aliphatic rings. The van der Waals surface area contributed by atoms with E-state index in [9.17, 15) is 4.79 Å². The molecule has 0 unspecified atom stereocenters. The zero-order chi connectivity index (χ0) is 19.1. The number of carbonyl (C=O) groups excluding carboxylic acids is 1. The molecule has 0 atom stereocenters. The molecule has 5 heteroatoms. The maximum atomic E-state index is 12.8. The third kappa shape index (κ3) is 5.23. The van der Waals surface area contributed by atoms with Crippen LogP contribution in [-0.4, -0.2) is 62.7 Å². The summed E-state index contributed by atoms with van der Waals surface area (Å²) in [7, 11) is 3.19. The van der Waals surface area contributed by atoms with Gasteiger partial charge < -0.3 is 14.4 Å². The first kappa shape index (κ1) is 19.2. The van der Waals surface area contributed by atoms with Crippen LogP contribution in [0, 0.1) is 0 Å². The van der Waals surface area contributed by atoms with E-state index in [-0.39, 0.29) is 5.91 Å². The number of amides is 1. The monoisotopic (exact) mass is 368 g/mol. The number of rotatable bonds is 7. The summed E-state index contributed by atoms with van der Waals surface area (Å²) in [5, 5.41) is 0. The molecule has 0 spiro atoms. The fourth-order valence-corrected chi connectivity index (χ4v) is 3.44. The van der Waals surface area contributed by atoms with Crippen LogP contribution in [0.4, 0.5) is 0 Å². The minimum Gasteiger partial charge on any atom is -0.497 e. The van der Waals surface area contributed by atoms with Crippen LogP contribution < -0.4 is 9.47 Å². The Hall–Kier alpha value is -2.53. The van der Waals surface area contributed by atoms with Crippen molar-refractivity contribution in [1.82, 2.24) is 9.80 Å². The summed E-state index contributed by atoms with van der Waals surface area (Å²) >= 11 is 0. The van der Waals surface area contributed by atoms with Crippen molar-refractivity contribution in [2.45, 2.75) is 12.8 Å². The van der Waals surface area contributed by atoms with Crippen LogP contribution in [0.3, 0.4) is 0 Å². The van der Waals surface area contributed by atoms with E-state index in [1.165, 1.54) is 5.56 Å². The molecule has 0 bridgehead atoms. The number of nitrogens with zero attached hydrogens (tertiary/aromatic N) is 2. The highest BCUT2D eigenvalue weighted by Gasteiger charge is 2.22. The molecule has 2 aromatic carbocycles. The van der Waals surface area contributed by atoms with Crippen molar-refractivity contribution < 1.29 is 14.3 Å². The Balaban J connectivity index is 1.49. The molecular formula is C22H28N2O3. The van der Waals surface area contributed by atoms with E-state index >= 15 is 0 Å². The highest BCUT2D eigenvalue weighted by atomic mass is 16.5. The number of benzene rings is 2. The predicted molar refractivity (Wildman–Crippen MR) is 107 cm³/mol. The van der Waals surface area contributed by atoms with Gasteiger partial charge in [-0.2, -0.15) is 0 Å². The van der Waals surface area contributed by atoms with E-state index in [1.54, 1.807) is 32.4 Å². The molecule has 144 valence electrons. The maximum absolute atomic E-state index is 12.8. The van der Waals surface area contributed by atoms with Crippen LogP contribution >= 0.6 is 0 Å². The van der Waals surface area contributed by atoms with Gasteiger partial charge in [0.2, 0.25) is 0 Å². The third-order valence-electron chi connectivity index (χ3n) is 5.04. The zero-order valence-electron chi connectivity index (χ0n) is 16.2. The van der Waals surface area contributed by atoms with Gasteiger partial charge in [-0.05, 0) is 37.1 Å². The molecule has 0 saturated carbocycles. The zero-order valence-corrected chi connectivity index (χ0v) is 16.2. The molecule has 1 heterocycles. The number of carbonyl (C=O) groups is 1. The van der Waals surface area contributed by atoms with E-state index in [0.29, 0.717) is 17.1 Å². The van der Waals surface area contributed by atoms with Gasteiger partial charge >= 0.3 is 0 Å². The summed E-state index contributed by atoms with van der Waals surface area (Å²) < 4.78 is 10.5. The predicted octanol–water partition coefficient (Wildman–Crippen LogP) is 3.09. The van der Waals surface area contributed by atoms with Crippen molar-refractivity contribution in [1.29, 1.82) is 0 Å². The van der Waals surface area contributed by atoms with Crippen LogP contribution in [0.5, 0.6) is 11.5 Å². The quantitative estimate of drug-likeness (QED) is 0.753. The lowest BCUT2D eigenvalue weighted by Crippen LogP contribution is -2.48. The lowest BCUT2D eigenvalue weighted by atomic mass is 10.1. The minimum atomic E-state index is 0.0381. The highest BCUT2D eigenvalue weighted by molar-refractivity contribution is 5.95. The Morgan fingerprint density at radius 3 is 2.15 bits per heavy atom. The lowest BCUT2D eigenvalue weighted by Gasteiger charge is -2.34. The second-order valence-corrected chi connectivity index (χ2v) is 6.82. The molecule has 0 N–H and O–H groups in total. The number of ether oxygens (including phenoxy) is 2. The number of methoxy groups -OCH3 is 2. The number of hydrogen-bond donors (Lipinski definition) is 0. The first-order chi connectivity index (χ1) is 13.2. The molecule has 5 nitrogen and oxygen atoms in total. The van der Waals surface area contributed by atoms with Crippen LogP contribution in [0.2, 0.25) is 0 Å². The Bertz CT molecular complexity index is 718. The molecule has 1 saturated heterocycles. The first-order valence-corrected chi connectivity index (χ1v) is 9.48. The average molecular weight is 368 g/mol. The van der Waals surface area contributed by atoms with Gasteiger partial charge in [0, 0.05) is 37.8 Å². The van der Waals surface area contributed by atoms with Crippen LogP contribution in [0.1, 0.15) is 22.3 Å². The van der Waals surface area contributed by atoms with E-state index in [4.69, 9.17) is 9.47 Å². The second kappa shape index (κ2) is 9.42. The summed E-state index contributed by atoms with van der Waals surface area (Å²) in [6.45, 7) is 4.42. The van der Waals surface area contributed by atoms with Gasteiger partial charge in [-0.25, -0.2) is 0 Å². The fraction of sp³-hybridized carbons (Fsp3) is 0.409. The molecule has 0 aromatic heterocycles. The first-order valence-electron chi connectivity index (χ1n) is 9.48. The van der Waals surface area contributed by atoms with Crippen molar-refractivity contribution in [3.63, 3.8) is 0 Å². The second-order valence-electron chi connectivity index (χ2n) is 6.82. The van der Waals surface area contributed by atoms with Gasteiger partial charge in [0.1, 0.15) is 11.5 Å². The Morgan fingerprint density at radius 2 is 1.56 bits per heavy atom. The van der Waals surface area contributed by atoms with Gasteiger partial charge in [0.05, 0.1) is 14.2 Å². The summed E-state index contributed by atoms with van der Waals surface area (Å²) in [4.78, 5) is 17.2. The van der Waals surface area contributed by atoms with Gasteiger partial charge in [-0.1, -0.05) is 30.3 Å². The number of hydrogen-bond acceptors (Lipinski definition) is 4. The number of piperazine rings is 1. The molecule has 2 aromatic rings. The summed E-state index contributed by atoms with van der Waals surface area (Å²) in [5.41, 5.74) is 2.00. The molecule has 1 amide bonds. The van der Waals surface area contributed by atoms with E-state index in [1.807, 2.05) is 4.90 Å². The van der Waals surface area contributed by atoms with Gasteiger partial charge in [-0.3, -0.25) is 9.69 Å². The molecule has 3 rings (SSSR count). The van der Waals surface area contributed by atoms with Crippen molar-refractivity contribution >= 4 is 5.91 Å². The maximum Gasteiger partial charge on any atom is 0.254 e. The smallest absolute Gasteiger partial charge is 0.254 e. The molecule has 0 radical (unpaired) electrons. The Labute approximate surface area is 161 Å². The van der Waals surface area contributed by atoms with Crippen LogP contribution in [0.25, 0.3) is 0 Å². The van der Waals surface area contributed by atoms with Gasteiger partial charge in [0.15, 0.2) is 0 Å². The van der Waals surface area contributed by atoms with Crippen LogP contribution in [-0.2, 0) is 6.42 Å².